The quantitative estimate of drug-likeness (QED) is 0.860. The number of aromatic carboxylic acids is 1. The van der Waals surface area contributed by atoms with Crippen molar-refractivity contribution >= 4 is 28.5 Å². The van der Waals surface area contributed by atoms with Gasteiger partial charge < -0.3 is 9.84 Å². The summed E-state index contributed by atoms with van der Waals surface area (Å²) in [7, 11) is 0. The average molecular weight is 284 g/mol. The second-order valence-corrected chi connectivity index (χ2v) is 5.54. The van der Waals surface area contributed by atoms with Gasteiger partial charge in [0.15, 0.2) is 10.8 Å². The predicted molar refractivity (Wildman–Crippen MR) is 72.9 cm³/mol. The third-order valence-corrected chi connectivity index (χ3v) is 2.73. The second kappa shape index (κ2) is 5.83. The molecule has 1 N–H and O–H groups in total. The lowest BCUT2D eigenvalue weighted by molar-refractivity contribution is 0.0582. The smallest absolute Gasteiger partial charge is 0.416 e. The summed E-state index contributed by atoms with van der Waals surface area (Å²) >= 11 is 1.07. The molecule has 7 heteroatoms. The normalized spacial score (nSPS) is 10.9. The molecule has 104 valence electrons. The number of anilines is 1. The Labute approximate surface area is 115 Å². The third kappa shape index (κ3) is 4.36. The second-order valence-electron chi connectivity index (χ2n) is 4.70. The van der Waals surface area contributed by atoms with Gasteiger partial charge in [-0.15, -0.1) is 17.9 Å². The van der Waals surface area contributed by atoms with Crippen LogP contribution >= 0.6 is 11.3 Å². The van der Waals surface area contributed by atoms with E-state index in [0.29, 0.717) is 0 Å². The molecule has 0 aromatic carbocycles. The number of amides is 1. The van der Waals surface area contributed by atoms with Crippen LogP contribution in [0.1, 0.15) is 31.3 Å². The van der Waals surface area contributed by atoms with E-state index in [4.69, 9.17) is 9.84 Å². The Morgan fingerprint density at radius 1 is 1.58 bits per heavy atom. The summed E-state index contributed by atoms with van der Waals surface area (Å²) in [5, 5.41) is 10.5. The van der Waals surface area contributed by atoms with Crippen LogP contribution in [0.5, 0.6) is 0 Å². The lowest BCUT2D eigenvalue weighted by atomic mass is 10.2. The van der Waals surface area contributed by atoms with Gasteiger partial charge in [0, 0.05) is 11.9 Å². The highest BCUT2D eigenvalue weighted by atomic mass is 32.1. The van der Waals surface area contributed by atoms with Crippen molar-refractivity contribution in [3.63, 3.8) is 0 Å². The van der Waals surface area contributed by atoms with Gasteiger partial charge in [-0.2, -0.15) is 0 Å². The number of aromatic nitrogens is 1. The number of hydrogen-bond donors (Lipinski definition) is 1. The van der Waals surface area contributed by atoms with Crippen molar-refractivity contribution in [2.24, 2.45) is 0 Å². The standard InChI is InChI=1S/C12H16N2O4S/c1-5-6-14(11(17)18-12(2,3)4)10-13-8(7-19-10)9(15)16/h5,7H,1,6H2,2-4H3,(H,15,16). The predicted octanol–water partition coefficient (Wildman–Crippen LogP) is 2.77. The Balaban J connectivity index is 2.95. The average Bonchev–Trinajstić information content (AvgIpc) is 2.72. The highest BCUT2D eigenvalue weighted by Crippen LogP contribution is 2.22. The molecular weight excluding hydrogens is 268 g/mol. The maximum atomic E-state index is 12.0. The monoisotopic (exact) mass is 284 g/mol. The molecule has 0 aliphatic heterocycles. The van der Waals surface area contributed by atoms with Gasteiger partial charge in [-0.1, -0.05) is 6.08 Å². The van der Waals surface area contributed by atoms with Crippen LogP contribution in [0.2, 0.25) is 0 Å². The van der Waals surface area contributed by atoms with E-state index in [1.54, 1.807) is 20.8 Å². The van der Waals surface area contributed by atoms with Gasteiger partial charge in [0.1, 0.15) is 5.60 Å². The summed E-state index contributed by atoms with van der Waals surface area (Å²) in [6.45, 7) is 9.01. The highest BCUT2D eigenvalue weighted by Gasteiger charge is 2.25. The van der Waals surface area contributed by atoms with Crippen LogP contribution < -0.4 is 4.90 Å². The van der Waals surface area contributed by atoms with Crippen LogP contribution in [-0.4, -0.2) is 34.3 Å². The molecular formula is C12H16N2O4S. The Bertz CT molecular complexity index is 490. The molecule has 0 spiro atoms. The van der Waals surface area contributed by atoms with Gasteiger partial charge >= 0.3 is 12.1 Å². The van der Waals surface area contributed by atoms with E-state index in [2.05, 4.69) is 11.6 Å². The SMILES string of the molecule is C=CCN(C(=O)OC(C)(C)C)c1nc(C(=O)O)cs1. The number of carbonyl (C=O) groups excluding carboxylic acids is 1. The molecule has 0 radical (unpaired) electrons. The molecule has 0 unspecified atom stereocenters. The van der Waals surface area contributed by atoms with Crippen molar-refractivity contribution in [3.8, 4) is 0 Å². The molecule has 0 saturated carbocycles. The fourth-order valence-electron chi connectivity index (χ4n) is 1.16. The first-order valence-corrected chi connectivity index (χ1v) is 6.43. The molecule has 0 saturated heterocycles. The van der Waals surface area contributed by atoms with Crippen LogP contribution in [0.15, 0.2) is 18.0 Å². The first kappa shape index (κ1) is 15.2. The fourth-order valence-corrected chi connectivity index (χ4v) is 1.96. The molecule has 1 amide bonds. The van der Waals surface area contributed by atoms with Crippen molar-refractivity contribution in [1.82, 2.24) is 4.98 Å². The minimum Gasteiger partial charge on any atom is -0.476 e. The van der Waals surface area contributed by atoms with Crippen molar-refractivity contribution < 1.29 is 19.4 Å². The summed E-state index contributed by atoms with van der Waals surface area (Å²) in [6, 6.07) is 0. The zero-order valence-corrected chi connectivity index (χ0v) is 11.9. The van der Waals surface area contributed by atoms with Gasteiger partial charge in [0.25, 0.3) is 0 Å². The first-order chi connectivity index (χ1) is 8.74. The minimum absolute atomic E-state index is 0.0994. The zero-order valence-electron chi connectivity index (χ0n) is 11.0. The van der Waals surface area contributed by atoms with E-state index >= 15 is 0 Å². The van der Waals surface area contributed by atoms with Crippen LogP contribution in [0.25, 0.3) is 0 Å². The van der Waals surface area contributed by atoms with Crippen molar-refractivity contribution in [3.05, 3.63) is 23.7 Å². The largest absolute Gasteiger partial charge is 0.476 e. The maximum Gasteiger partial charge on any atom is 0.416 e. The first-order valence-electron chi connectivity index (χ1n) is 5.55. The Hall–Kier alpha value is -1.89. The lowest BCUT2D eigenvalue weighted by Crippen LogP contribution is -2.37. The Kier molecular flexibility index (Phi) is 4.66. The highest BCUT2D eigenvalue weighted by molar-refractivity contribution is 7.14. The molecule has 19 heavy (non-hydrogen) atoms. The van der Waals surface area contributed by atoms with Gasteiger partial charge in [-0.3, -0.25) is 0 Å². The van der Waals surface area contributed by atoms with E-state index in [-0.39, 0.29) is 17.4 Å². The van der Waals surface area contributed by atoms with Gasteiger partial charge in [0.05, 0.1) is 0 Å². The van der Waals surface area contributed by atoms with Crippen molar-refractivity contribution in [1.29, 1.82) is 0 Å². The molecule has 0 aliphatic carbocycles. The van der Waals surface area contributed by atoms with E-state index in [0.717, 1.165) is 11.3 Å². The Morgan fingerprint density at radius 2 is 2.21 bits per heavy atom. The number of carboxylic acids is 1. The zero-order chi connectivity index (χ0) is 14.6. The van der Waals surface area contributed by atoms with Crippen LogP contribution in [0, 0.1) is 0 Å². The molecule has 0 aliphatic rings. The molecule has 6 nitrogen and oxygen atoms in total. The van der Waals surface area contributed by atoms with Gasteiger partial charge in [-0.05, 0) is 20.8 Å². The lowest BCUT2D eigenvalue weighted by Gasteiger charge is -2.24. The van der Waals surface area contributed by atoms with Gasteiger partial charge in [-0.25, -0.2) is 19.5 Å². The van der Waals surface area contributed by atoms with Gasteiger partial charge in [0.2, 0.25) is 0 Å². The van der Waals surface area contributed by atoms with E-state index < -0.39 is 17.7 Å². The number of rotatable bonds is 4. The van der Waals surface area contributed by atoms with Crippen LogP contribution in [-0.2, 0) is 4.74 Å². The topological polar surface area (TPSA) is 79.7 Å². The summed E-state index contributed by atoms with van der Waals surface area (Å²) in [6.07, 6.45) is 0.935. The molecule has 0 bridgehead atoms. The molecule has 1 rings (SSSR count). The summed E-state index contributed by atoms with van der Waals surface area (Å²) in [5.41, 5.74) is -0.735. The van der Waals surface area contributed by atoms with E-state index in [1.165, 1.54) is 16.4 Å². The number of carboxylic acid groups (broad SMARTS) is 1. The number of nitrogens with zero attached hydrogens (tertiary/aromatic N) is 2. The van der Waals surface area contributed by atoms with Crippen LogP contribution in [0.4, 0.5) is 9.93 Å². The number of carbonyl (C=O) groups is 2. The molecule has 0 fully saturated rings. The van der Waals surface area contributed by atoms with Crippen molar-refractivity contribution in [2.75, 3.05) is 11.4 Å². The summed E-state index contributed by atoms with van der Waals surface area (Å²) < 4.78 is 5.24. The molecule has 1 heterocycles. The van der Waals surface area contributed by atoms with E-state index in [1.807, 2.05) is 0 Å². The summed E-state index contributed by atoms with van der Waals surface area (Å²) in [5.74, 6) is -1.13. The third-order valence-electron chi connectivity index (χ3n) is 1.87. The number of thiazole rings is 1. The minimum atomic E-state index is -1.13. The maximum absolute atomic E-state index is 12.0. The fraction of sp³-hybridized carbons (Fsp3) is 0.417. The summed E-state index contributed by atoms with van der Waals surface area (Å²) in [4.78, 5) is 27.9. The molecule has 1 aromatic rings. The molecule has 1 aromatic heterocycles. The van der Waals surface area contributed by atoms with Crippen molar-refractivity contribution in [2.45, 2.75) is 26.4 Å². The number of ether oxygens (including phenoxy) is 1. The molecule has 0 atom stereocenters. The van der Waals surface area contributed by atoms with E-state index in [9.17, 15) is 9.59 Å². The Morgan fingerprint density at radius 3 is 2.63 bits per heavy atom. The van der Waals surface area contributed by atoms with Crippen LogP contribution in [0.3, 0.4) is 0 Å². The number of hydrogen-bond acceptors (Lipinski definition) is 5.